The van der Waals surface area contributed by atoms with Crippen molar-refractivity contribution in [1.82, 2.24) is 0 Å². The van der Waals surface area contributed by atoms with E-state index in [9.17, 15) is 5.11 Å². The van der Waals surface area contributed by atoms with Crippen molar-refractivity contribution >= 4 is 0 Å². The van der Waals surface area contributed by atoms with Crippen LogP contribution in [0.4, 0.5) is 0 Å². The van der Waals surface area contributed by atoms with E-state index in [1.165, 1.54) is 57.8 Å². The molecule has 2 saturated carbocycles. The third-order valence-electron chi connectivity index (χ3n) is 6.57. The van der Waals surface area contributed by atoms with Gasteiger partial charge in [-0.05, 0) is 55.8 Å². The summed E-state index contributed by atoms with van der Waals surface area (Å²) in [5, 5.41) is 10.2. The van der Waals surface area contributed by atoms with Crippen LogP contribution in [0.3, 0.4) is 0 Å². The topological polar surface area (TPSA) is 54.5 Å². The number of ether oxygens (including phenoxy) is 3. The van der Waals surface area contributed by atoms with Gasteiger partial charge in [0.15, 0.2) is 6.29 Å². The van der Waals surface area contributed by atoms with Gasteiger partial charge < -0.3 is 19.3 Å². The Bertz CT molecular complexity index is 364. The summed E-state index contributed by atoms with van der Waals surface area (Å²) >= 11 is 0. The predicted octanol–water partition coefficient (Wildman–Crippen LogP) is 3.12. The van der Waals surface area contributed by atoms with E-state index < -0.39 is 0 Å². The third-order valence-corrected chi connectivity index (χ3v) is 6.57. The Labute approximate surface area is 139 Å². The zero-order chi connectivity index (χ0) is 15.6. The molecule has 132 valence electrons. The fourth-order valence-electron chi connectivity index (χ4n) is 4.81. The first-order chi connectivity index (χ1) is 11.3. The largest absolute Gasteiger partial charge is 0.390 e. The Morgan fingerprint density at radius 2 is 1.39 bits per heavy atom. The molecule has 4 fully saturated rings. The molecule has 4 aliphatic rings. The van der Waals surface area contributed by atoms with Crippen LogP contribution in [0.1, 0.15) is 57.8 Å². The Kier molecular flexibility index (Phi) is 5.24. The zero-order valence-electron chi connectivity index (χ0n) is 14.2. The smallest absolute Gasteiger partial charge is 0.181 e. The minimum Gasteiger partial charge on any atom is -0.390 e. The van der Waals surface area contributed by atoms with Gasteiger partial charge in [-0.2, -0.15) is 0 Å². The third kappa shape index (κ3) is 4.68. The highest BCUT2D eigenvalue weighted by molar-refractivity contribution is 4.87. The van der Waals surface area contributed by atoms with Crippen LogP contribution in [0, 0.1) is 23.7 Å². The summed E-state index contributed by atoms with van der Waals surface area (Å²) in [5.41, 5.74) is 0. The maximum atomic E-state index is 10.2. The van der Waals surface area contributed by atoms with E-state index in [1.54, 1.807) is 0 Å². The second-order valence-corrected chi connectivity index (χ2v) is 8.36. The van der Waals surface area contributed by atoms with E-state index in [4.69, 9.17) is 14.2 Å². The lowest BCUT2D eigenvalue weighted by Gasteiger charge is -2.35. The van der Waals surface area contributed by atoms with Gasteiger partial charge in [0.25, 0.3) is 0 Å². The molecule has 0 amide bonds. The molecular formula is C19H32O4. The quantitative estimate of drug-likeness (QED) is 0.731. The summed E-state index contributed by atoms with van der Waals surface area (Å²) in [5.74, 6) is 3.09. The summed E-state index contributed by atoms with van der Waals surface area (Å²) < 4.78 is 16.0. The van der Waals surface area contributed by atoms with E-state index in [1.807, 2.05) is 0 Å². The van der Waals surface area contributed by atoms with Crippen LogP contribution in [0.15, 0.2) is 0 Å². The van der Waals surface area contributed by atoms with Crippen molar-refractivity contribution in [2.45, 2.75) is 76.3 Å². The van der Waals surface area contributed by atoms with E-state index in [-0.39, 0.29) is 18.5 Å². The highest BCUT2D eigenvalue weighted by Gasteiger charge is 2.38. The first-order valence-electron chi connectivity index (χ1n) is 9.81. The number of rotatable bonds is 7. The van der Waals surface area contributed by atoms with Crippen molar-refractivity contribution in [3.05, 3.63) is 0 Å². The molecule has 3 unspecified atom stereocenters. The van der Waals surface area contributed by atoms with Crippen LogP contribution in [-0.2, 0) is 14.2 Å². The molecule has 4 nitrogen and oxygen atoms in total. The van der Waals surface area contributed by atoms with Gasteiger partial charge in [-0.15, -0.1) is 0 Å². The minimum atomic E-state index is -0.193. The molecule has 2 heterocycles. The van der Waals surface area contributed by atoms with Crippen LogP contribution in [0.5, 0.6) is 0 Å². The number of hydrogen-bond donors (Lipinski definition) is 1. The van der Waals surface area contributed by atoms with Crippen LogP contribution >= 0.6 is 0 Å². The SMILES string of the molecule is OC(C1CCC(CC2CCC(COC3CO3)CC2)CC1)C1CO1. The summed E-state index contributed by atoms with van der Waals surface area (Å²) in [6, 6.07) is 0. The average molecular weight is 324 g/mol. The molecule has 4 rings (SSSR count). The van der Waals surface area contributed by atoms with Crippen molar-refractivity contribution < 1.29 is 19.3 Å². The lowest BCUT2D eigenvalue weighted by molar-refractivity contribution is 0.0143. The fourth-order valence-corrected chi connectivity index (χ4v) is 4.81. The lowest BCUT2D eigenvalue weighted by Crippen LogP contribution is -2.30. The molecule has 1 N–H and O–H groups in total. The van der Waals surface area contributed by atoms with Crippen molar-refractivity contribution in [3.8, 4) is 0 Å². The molecule has 0 spiro atoms. The van der Waals surface area contributed by atoms with Crippen molar-refractivity contribution in [3.63, 3.8) is 0 Å². The van der Waals surface area contributed by atoms with Crippen molar-refractivity contribution in [2.24, 2.45) is 23.7 Å². The zero-order valence-corrected chi connectivity index (χ0v) is 14.2. The predicted molar refractivity (Wildman–Crippen MR) is 87.0 cm³/mol. The Morgan fingerprint density at radius 1 is 0.826 bits per heavy atom. The van der Waals surface area contributed by atoms with Gasteiger partial charge in [0.2, 0.25) is 0 Å². The first kappa shape index (κ1) is 16.3. The maximum absolute atomic E-state index is 10.2. The molecule has 2 aliphatic carbocycles. The summed E-state index contributed by atoms with van der Waals surface area (Å²) in [4.78, 5) is 0. The minimum absolute atomic E-state index is 0.124. The highest BCUT2D eigenvalue weighted by Crippen LogP contribution is 2.40. The van der Waals surface area contributed by atoms with E-state index in [2.05, 4.69) is 0 Å². The molecule has 23 heavy (non-hydrogen) atoms. The molecule has 0 radical (unpaired) electrons. The number of aliphatic hydroxyl groups is 1. The molecule has 0 bridgehead atoms. The molecule has 3 atom stereocenters. The second-order valence-electron chi connectivity index (χ2n) is 8.36. The molecule has 0 aromatic rings. The van der Waals surface area contributed by atoms with Gasteiger partial charge in [-0.1, -0.05) is 25.7 Å². The average Bonchev–Trinajstić information content (AvgIpc) is 3.48. The highest BCUT2D eigenvalue weighted by atomic mass is 16.8. The number of hydrogen-bond acceptors (Lipinski definition) is 4. The lowest BCUT2D eigenvalue weighted by atomic mass is 9.72. The van der Waals surface area contributed by atoms with Gasteiger partial charge in [0.05, 0.1) is 19.3 Å². The molecular weight excluding hydrogens is 292 g/mol. The fraction of sp³-hybridized carbons (Fsp3) is 1.00. The molecule has 0 aromatic carbocycles. The Morgan fingerprint density at radius 3 is 1.96 bits per heavy atom. The molecule has 2 saturated heterocycles. The summed E-state index contributed by atoms with van der Waals surface area (Å²) in [6.45, 7) is 2.49. The van der Waals surface area contributed by atoms with Gasteiger partial charge in [0, 0.05) is 0 Å². The maximum Gasteiger partial charge on any atom is 0.181 e. The Hall–Kier alpha value is -0.160. The van der Waals surface area contributed by atoms with Crippen LogP contribution < -0.4 is 0 Å². The second kappa shape index (κ2) is 7.38. The normalized spacial score (nSPS) is 44.7. The van der Waals surface area contributed by atoms with Crippen LogP contribution in [-0.4, -0.2) is 43.4 Å². The van der Waals surface area contributed by atoms with Gasteiger partial charge >= 0.3 is 0 Å². The standard InChI is InChI=1S/C19H32O4/c20-19(17-11-21-17)16-7-5-14(6-8-16)9-13-1-3-15(4-2-13)10-22-18-12-23-18/h13-20H,1-12H2. The molecule has 0 aromatic heterocycles. The monoisotopic (exact) mass is 324 g/mol. The van der Waals surface area contributed by atoms with E-state index in [0.29, 0.717) is 5.92 Å². The van der Waals surface area contributed by atoms with Crippen LogP contribution in [0.2, 0.25) is 0 Å². The van der Waals surface area contributed by atoms with E-state index in [0.717, 1.165) is 37.6 Å². The summed E-state index contributed by atoms with van der Waals surface area (Å²) in [6.07, 6.45) is 12.0. The van der Waals surface area contributed by atoms with Crippen LogP contribution in [0.25, 0.3) is 0 Å². The van der Waals surface area contributed by atoms with Gasteiger partial charge in [0.1, 0.15) is 12.7 Å². The van der Waals surface area contributed by atoms with E-state index >= 15 is 0 Å². The number of epoxide rings is 2. The number of aliphatic hydroxyl groups excluding tert-OH is 1. The first-order valence-corrected chi connectivity index (χ1v) is 9.81. The van der Waals surface area contributed by atoms with Crippen molar-refractivity contribution in [2.75, 3.05) is 19.8 Å². The summed E-state index contributed by atoms with van der Waals surface area (Å²) in [7, 11) is 0. The Balaban J connectivity index is 1.11. The molecule has 4 heteroatoms. The molecule has 2 aliphatic heterocycles. The van der Waals surface area contributed by atoms with Gasteiger partial charge in [-0.3, -0.25) is 0 Å². The van der Waals surface area contributed by atoms with Crippen molar-refractivity contribution in [1.29, 1.82) is 0 Å². The van der Waals surface area contributed by atoms with Gasteiger partial charge in [-0.25, -0.2) is 0 Å².